The van der Waals surface area contributed by atoms with Crippen LogP contribution in [-0.4, -0.2) is 86.1 Å². The SMILES string of the molecule is CCO[Si](C)(C)C(CC)N1CCOCC1.CCO[Si](OCC)(OCC)C(CC)Nc1ccccc1. The normalized spacial score (nSPS) is 16.8. The second-order valence-corrected chi connectivity index (χ2v) is 15.9. The molecule has 2 rings (SSSR count). The number of para-hydroxylation sites is 1. The van der Waals surface area contributed by atoms with Crippen LogP contribution in [0.4, 0.5) is 5.69 Å². The first-order valence-corrected chi connectivity index (χ1v) is 18.3. The molecule has 1 N–H and O–H groups in total. The topological polar surface area (TPSA) is 61.4 Å². The van der Waals surface area contributed by atoms with Gasteiger partial charge in [0.25, 0.3) is 0 Å². The molecule has 1 aromatic rings. The smallest absolute Gasteiger partial charge is 0.416 e. The molecular formula is C26H52N2O5Si2. The van der Waals surface area contributed by atoms with Gasteiger partial charge in [-0.05, 0) is 65.8 Å². The maximum Gasteiger partial charge on any atom is 0.524 e. The van der Waals surface area contributed by atoms with Crippen molar-refractivity contribution in [1.29, 1.82) is 0 Å². The maximum atomic E-state index is 5.99. The van der Waals surface area contributed by atoms with E-state index in [0.717, 1.165) is 45.0 Å². The number of anilines is 1. The van der Waals surface area contributed by atoms with Crippen molar-refractivity contribution in [2.24, 2.45) is 0 Å². The van der Waals surface area contributed by atoms with Gasteiger partial charge in [0.15, 0.2) is 0 Å². The third-order valence-electron chi connectivity index (χ3n) is 6.18. The summed E-state index contributed by atoms with van der Waals surface area (Å²) in [4.78, 5) is 2.56. The molecule has 0 radical (unpaired) electrons. The Labute approximate surface area is 217 Å². The van der Waals surface area contributed by atoms with Gasteiger partial charge in [0.1, 0.15) is 0 Å². The lowest BCUT2D eigenvalue weighted by atomic mass is 10.3. The van der Waals surface area contributed by atoms with Crippen LogP contribution in [0.25, 0.3) is 0 Å². The maximum absolute atomic E-state index is 5.99. The quantitative estimate of drug-likeness (QED) is 0.308. The molecule has 204 valence electrons. The second kappa shape index (κ2) is 17.6. The Morgan fingerprint density at radius 1 is 0.800 bits per heavy atom. The molecule has 7 nitrogen and oxygen atoms in total. The summed E-state index contributed by atoms with van der Waals surface area (Å²) in [5.74, 6) is 0. The average Bonchev–Trinajstić information content (AvgIpc) is 2.85. The fourth-order valence-corrected chi connectivity index (χ4v) is 10.7. The molecule has 1 heterocycles. The zero-order chi connectivity index (χ0) is 26.2. The molecule has 0 saturated carbocycles. The number of nitrogens with zero attached hydrogens (tertiary/aromatic N) is 1. The molecule has 1 aliphatic rings. The number of nitrogens with one attached hydrogen (secondary N) is 1. The molecule has 1 saturated heterocycles. The van der Waals surface area contributed by atoms with Gasteiger partial charge in [-0.15, -0.1) is 0 Å². The standard InChI is InChI=1S/C15H27NO3Si.C11H25NO2Si/c1-5-15(16-14-12-10-9-11-13-14)20(17-6-2,18-7-3)19-8-4;1-5-11(15(3,4)14-6-2)12-7-9-13-10-8-12/h9-13,15-16H,5-8H2,1-4H3;11H,5-10H2,1-4H3. The van der Waals surface area contributed by atoms with Gasteiger partial charge in [-0.3, -0.25) is 4.90 Å². The fourth-order valence-electron chi connectivity index (χ4n) is 4.75. The molecule has 0 bridgehead atoms. The molecule has 0 amide bonds. The van der Waals surface area contributed by atoms with E-state index in [1.807, 2.05) is 51.1 Å². The summed E-state index contributed by atoms with van der Waals surface area (Å²) in [7, 11) is -4.27. The lowest BCUT2D eigenvalue weighted by Crippen LogP contribution is -2.59. The predicted octanol–water partition coefficient (Wildman–Crippen LogP) is 5.34. The summed E-state index contributed by atoms with van der Waals surface area (Å²) in [5.41, 5.74) is 1.77. The number of hydrogen-bond donors (Lipinski definition) is 1. The molecule has 2 atom stereocenters. The molecule has 1 fully saturated rings. The van der Waals surface area contributed by atoms with Crippen molar-refractivity contribution in [2.75, 3.05) is 58.0 Å². The molecule has 1 aromatic carbocycles. The van der Waals surface area contributed by atoms with Gasteiger partial charge in [0, 0.05) is 50.9 Å². The Hall–Kier alpha value is -0.786. The van der Waals surface area contributed by atoms with Gasteiger partial charge < -0.3 is 27.8 Å². The van der Waals surface area contributed by atoms with Crippen LogP contribution in [0, 0.1) is 0 Å². The van der Waals surface area contributed by atoms with Gasteiger partial charge in [0.2, 0.25) is 8.32 Å². The Bertz CT molecular complexity index is 631. The Morgan fingerprint density at radius 2 is 1.31 bits per heavy atom. The monoisotopic (exact) mass is 528 g/mol. The highest BCUT2D eigenvalue weighted by Gasteiger charge is 2.48. The van der Waals surface area contributed by atoms with Gasteiger partial charge in [-0.1, -0.05) is 32.0 Å². The second-order valence-electron chi connectivity index (χ2n) is 8.98. The summed E-state index contributed by atoms with van der Waals surface area (Å²) in [6.07, 6.45) is 2.08. The highest BCUT2D eigenvalue weighted by Crippen LogP contribution is 2.22. The molecule has 1 aliphatic heterocycles. The number of hydrogen-bond acceptors (Lipinski definition) is 7. The Kier molecular flexibility index (Phi) is 16.2. The first-order chi connectivity index (χ1) is 16.8. The van der Waals surface area contributed by atoms with Crippen LogP contribution in [0.15, 0.2) is 30.3 Å². The first-order valence-electron chi connectivity index (χ1n) is 13.5. The largest absolute Gasteiger partial charge is 0.524 e. The summed E-state index contributed by atoms with van der Waals surface area (Å²) in [6.45, 7) is 23.6. The van der Waals surface area contributed by atoms with Crippen molar-refractivity contribution in [2.45, 2.75) is 78.8 Å². The zero-order valence-electron chi connectivity index (χ0n) is 23.6. The number of morpholine rings is 1. The Balaban J connectivity index is 0.000000365. The van der Waals surface area contributed by atoms with E-state index in [1.165, 1.54) is 6.42 Å². The minimum absolute atomic E-state index is 0.0600. The molecule has 0 aromatic heterocycles. The van der Waals surface area contributed by atoms with Crippen molar-refractivity contribution in [3.8, 4) is 0 Å². The van der Waals surface area contributed by atoms with E-state index in [9.17, 15) is 0 Å². The molecule has 0 aliphatic carbocycles. The molecule has 0 spiro atoms. The minimum atomic E-state index is -2.72. The van der Waals surface area contributed by atoms with E-state index in [-0.39, 0.29) is 5.67 Å². The minimum Gasteiger partial charge on any atom is -0.416 e. The van der Waals surface area contributed by atoms with Gasteiger partial charge in [0.05, 0.1) is 18.9 Å². The van der Waals surface area contributed by atoms with Gasteiger partial charge >= 0.3 is 8.80 Å². The van der Waals surface area contributed by atoms with Crippen molar-refractivity contribution in [1.82, 2.24) is 4.90 Å². The summed E-state index contributed by atoms with van der Waals surface area (Å²) in [6, 6.07) is 10.1. The first kappa shape index (κ1) is 32.2. The van der Waals surface area contributed by atoms with E-state index in [1.54, 1.807) is 0 Å². The zero-order valence-corrected chi connectivity index (χ0v) is 25.6. The average molecular weight is 529 g/mol. The van der Waals surface area contributed by atoms with E-state index in [2.05, 4.69) is 44.1 Å². The van der Waals surface area contributed by atoms with Crippen molar-refractivity contribution < 1.29 is 22.4 Å². The lowest BCUT2D eigenvalue weighted by molar-refractivity contribution is 0.0253. The number of benzene rings is 1. The van der Waals surface area contributed by atoms with Crippen molar-refractivity contribution >= 4 is 22.8 Å². The fraction of sp³-hybridized carbons (Fsp3) is 0.769. The predicted molar refractivity (Wildman–Crippen MR) is 150 cm³/mol. The van der Waals surface area contributed by atoms with Crippen molar-refractivity contribution in [3.63, 3.8) is 0 Å². The van der Waals surface area contributed by atoms with Gasteiger partial charge in [-0.2, -0.15) is 0 Å². The van der Waals surface area contributed by atoms with Gasteiger partial charge in [-0.25, -0.2) is 0 Å². The lowest BCUT2D eigenvalue weighted by Gasteiger charge is -2.41. The van der Waals surface area contributed by atoms with Crippen LogP contribution in [-0.2, 0) is 22.4 Å². The molecule has 9 heteroatoms. The molecular weight excluding hydrogens is 476 g/mol. The van der Waals surface area contributed by atoms with Crippen molar-refractivity contribution in [3.05, 3.63) is 30.3 Å². The third-order valence-corrected chi connectivity index (χ3v) is 13.1. The summed E-state index contributed by atoms with van der Waals surface area (Å²) < 4.78 is 29.3. The van der Waals surface area contributed by atoms with E-state index in [4.69, 9.17) is 22.4 Å². The number of rotatable bonds is 15. The van der Waals surface area contributed by atoms with Crippen LogP contribution in [0.5, 0.6) is 0 Å². The molecule has 2 unspecified atom stereocenters. The summed E-state index contributed by atoms with van der Waals surface area (Å²) in [5, 5.41) is 3.51. The summed E-state index contributed by atoms with van der Waals surface area (Å²) >= 11 is 0. The van der Waals surface area contributed by atoms with Crippen LogP contribution in [0.2, 0.25) is 13.1 Å². The van der Waals surface area contributed by atoms with Crippen LogP contribution < -0.4 is 5.32 Å². The number of ether oxygens (including phenoxy) is 1. The van der Waals surface area contributed by atoms with Crippen LogP contribution in [0.1, 0.15) is 54.4 Å². The molecule has 35 heavy (non-hydrogen) atoms. The van der Waals surface area contributed by atoms with E-state index in [0.29, 0.717) is 25.5 Å². The Morgan fingerprint density at radius 3 is 1.74 bits per heavy atom. The van der Waals surface area contributed by atoms with Crippen LogP contribution >= 0.6 is 0 Å². The van der Waals surface area contributed by atoms with E-state index < -0.39 is 17.1 Å². The highest BCUT2D eigenvalue weighted by molar-refractivity contribution is 6.72. The van der Waals surface area contributed by atoms with Crippen LogP contribution in [0.3, 0.4) is 0 Å². The highest BCUT2D eigenvalue weighted by atomic mass is 28.4. The van der Waals surface area contributed by atoms with E-state index >= 15 is 0 Å². The third kappa shape index (κ3) is 10.6.